The molecule has 1 unspecified atom stereocenters. The number of pyridine rings is 1. The number of nitrogens with one attached hydrogen (secondary N) is 1. The van der Waals surface area contributed by atoms with Crippen LogP contribution in [0.2, 0.25) is 5.02 Å². The number of ether oxygens (including phenoxy) is 1. The Morgan fingerprint density at radius 2 is 2.11 bits per heavy atom. The van der Waals surface area contributed by atoms with Gasteiger partial charge in [-0.2, -0.15) is 13.2 Å². The van der Waals surface area contributed by atoms with Crippen LogP contribution in [-0.4, -0.2) is 23.7 Å². The number of carbonyl (C=O) groups excluding carboxylic acids is 1. The van der Waals surface area contributed by atoms with Crippen LogP contribution >= 0.6 is 11.6 Å². The van der Waals surface area contributed by atoms with Crippen LogP contribution in [-0.2, 0) is 4.79 Å². The zero-order valence-corrected chi connectivity index (χ0v) is 15.5. The Hall–Kier alpha value is -2.35. The number of nitrogens with zero attached hydrogens (tertiary/aromatic N) is 1. The Bertz CT molecular complexity index is 858. The minimum absolute atomic E-state index is 0.00666. The quantitative estimate of drug-likeness (QED) is 0.688. The molecule has 1 aromatic carbocycles. The van der Waals surface area contributed by atoms with Crippen LogP contribution < -0.4 is 10.1 Å². The molecular formula is C19H17ClF4N2O2. The fourth-order valence-corrected chi connectivity index (χ4v) is 3.23. The highest BCUT2D eigenvalue weighted by molar-refractivity contribution is 6.31. The number of alkyl halides is 3. The van der Waals surface area contributed by atoms with Gasteiger partial charge in [0.2, 0.25) is 5.91 Å². The maximum atomic E-state index is 13.1. The first-order valence-electron chi connectivity index (χ1n) is 8.55. The Kier molecular flexibility index (Phi) is 5.79. The van der Waals surface area contributed by atoms with Crippen molar-refractivity contribution in [2.75, 3.05) is 6.61 Å². The van der Waals surface area contributed by atoms with Crippen molar-refractivity contribution in [3.63, 3.8) is 0 Å². The summed E-state index contributed by atoms with van der Waals surface area (Å²) in [6.07, 6.45) is -2.63. The highest BCUT2D eigenvalue weighted by atomic mass is 35.5. The van der Waals surface area contributed by atoms with Crippen molar-refractivity contribution in [1.29, 1.82) is 0 Å². The molecule has 0 radical (unpaired) electrons. The molecule has 1 aromatic heterocycles. The third kappa shape index (κ3) is 5.13. The van der Waals surface area contributed by atoms with Crippen LogP contribution in [0.4, 0.5) is 17.6 Å². The molecule has 0 spiro atoms. The van der Waals surface area contributed by atoms with E-state index in [1.165, 1.54) is 30.5 Å². The van der Waals surface area contributed by atoms with Crippen molar-refractivity contribution in [1.82, 2.24) is 10.3 Å². The van der Waals surface area contributed by atoms with Gasteiger partial charge in [0.25, 0.3) is 0 Å². The van der Waals surface area contributed by atoms with Crippen LogP contribution in [0.25, 0.3) is 0 Å². The molecule has 1 saturated carbocycles. The lowest BCUT2D eigenvalue weighted by Gasteiger charge is -2.14. The maximum Gasteiger partial charge on any atom is 0.422 e. The third-order valence-corrected chi connectivity index (χ3v) is 4.78. The predicted molar refractivity (Wildman–Crippen MR) is 94.6 cm³/mol. The van der Waals surface area contributed by atoms with Gasteiger partial charge in [-0.25, -0.2) is 4.39 Å². The molecule has 1 heterocycles. The number of rotatable bonds is 6. The first kappa shape index (κ1) is 20.4. The normalized spacial score (nSPS) is 19.8. The number of hydrogen-bond donors (Lipinski definition) is 1. The lowest BCUT2D eigenvalue weighted by molar-refractivity contribution is -0.153. The first-order chi connectivity index (χ1) is 13.1. The molecule has 0 saturated heterocycles. The van der Waals surface area contributed by atoms with Crippen molar-refractivity contribution >= 4 is 17.5 Å². The van der Waals surface area contributed by atoms with E-state index in [4.69, 9.17) is 11.6 Å². The fraction of sp³-hybridized carbons (Fsp3) is 0.368. The van der Waals surface area contributed by atoms with Gasteiger partial charge in [0, 0.05) is 10.9 Å². The standard InChI is InChI=1S/C19H17ClF4N2O2/c1-10(17-5-3-12(8-25-17)28-9-19(22,23)24)26-18(27)15-7-14(15)13-4-2-11(21)6-16(13)20/h2-6,8,10,14-15H,7,9H2,1H3,(H,26,27)/t10?,14-,15+/m0/s1. The number of aromatic nitrogens is 1. The molecule has 28 heavy (non-hydrogen) atoms. The molecule has 1 N–H and O–H groups in total. The molecule has 4 nitrogen and oxygen atoms in total. The zero-order valence-electron chi connectivity index (χ0n) is 14.8. The molecule has 3 rings (SSSR count). The second kappa shape index (κ2) is 7.95. The van der Waals surface area contributed by atoms with Crippen molar-refractivity contribution in [3.8, 4) is 5.75 Å². The summed E-state index contributed by atoms with van der Waals surface area (Å²) >= 11 is 6.04. The summed E-state index contributed by atoms with van der Waals surface area (Å²) in [7, 11) is 0. The minimum Gasteiger partial charge on any atom is -0.483 e. The van der Waals surface area contributed by atoms with E-state index in [2.05, 4.69) is 15.0 Å². The highest BCUT2D eigenvalue weighted by Gasteiger charge is 2.45. The van der Waals surface area contributed by atoms with Gasteiger partial charge in [-0.3, -0.25) is 9.78 Å². The van der Waals surface area contributed by atoms with Crippen LogP contribution in [0.15, 0.2) is 36.5 Å². The van der Waals surface area contributed by atoms with Gasteiger partial charge in [0.15, 0.2) is 6.61 Å². The average Bonchev–Trinajstić information content (AvgIpc) is 3.40. The van der Waals surface area contributed by atoms with E-state index in [9.17, 15) is 22.4 Å². The summed E-state index contributed by atoms with van der Waals surface area (Å²) in [6, 6.07) is 6.55. The molecule has 9 heteroatoms. The monoisotopic (exact) mass is 416 g/mol. The number of carbonyl (C=O) groups is 1. The number of benzene rings is 1. The Morgan fingerprint density at radius 3 is 2.71 bits per heavy atom. The molecule has 1 fully saturated rings. The molecule has 150 valence electrons. The van der Waals surface area contributed by atoms with Gasteiger partial charge in [0.05, 0.1) is 17.9 Å². The van der Waals surface area contributed by atoms with E-state index < -0.39 is 24.6 Å². The first-order valence-corrected chi connectivity index (χ1v) is 8.92. The SMILES string of the molecule is CC(NC(=O)[C@@H]1C[C@H]1c1ccc(F)cc1Cl)c1ccc(OCC(F)(F)F)cn1. The Labute approximate surface area is 163 Å². The lowest BCUT2D eigenvalue weighted by Crippen LogP contribution is -2.29. The van der Waals surface area contributed by atoms with Crippen LogP contribution in [0.3, 0.4) is 0 Å². The van der Waals surface area contributed by atoms with Gasteiger partial charge >= 0.3 is 6.18 Å². The van der Waals surface area contributed by atoms with Crippen molar-refractivity contribution in [2.24, 2.45) is 5.92 Å². The van der Waals surface area contributed by atoms with E-state index in [0.29, 0.717) is 17.1 Å². The predicted octanol–water partition coefficient (Wildman–Crippen LogP) is 4.80. The van der Waals surface area contributed by atoms with E-state index in [1.807, 2.05) is 0 Å². The Morgan fingerprint density at radius 1 is 1.36 bits per heavy atom. The van der Waals surface area contributed by atoms with Crippen LogP contribution in [0, 0.1) is 11.7 Å². The summed E-state index contributed by atoms with van der Waals surface area (Å²) in [5.41, 5.74) is 1.23. The molecule has 1 aliphatic carbocycles. The largest absolute Gasteiger partial charge is 0.483 e. The van der Waals surface area contributed by atoms with Gasteiger partial charge < -0.3 is 10.1 Å². The second-order valence-electron chi connectivity index (χ2n) is 6.67. The smallest absolute Gasteiger partial charge is 0.422 e. The molecule has 0 bridgehead atoms. The average molecular weight is 417 g/mol. The summed E-state index contributed by atoms with van der Waals surface area (Å²) in [5.74, 6) is -0.950. The van der Waals surface area contributed by atoms with Gasteiger partial charge in [0.1, 0.15) is 11.6 Å². The molecule has 0 aliphatic heterocycles. The molecule has 2 aromatic rings. The van der Waals surface area contributed by atoms with Gasteiger partial charge in [-0.15, -0.1) is 0 Å². The second-order valence-corrected chi connectivity index (χ2v) is 7.07. The number of halogens is 5. The molecule has 3 atom stereocenters. The van der Waals surface area contributed by atoms with Crippen LogP contribution in [0.1, 0.15) is 36.6 Å². The Balaban J connectivity index is 1.55. The molecular weight excluding hydrogens is 400 g/mol. The van der Waals surface area contributed by atoms with Gasteiger partial charge in [-0.05, 0) is 49.1 Å². The number of hydrogen-bond acceptors (Lipinski definition) is 3. The third-order valence-electron chi connectivity index (χ3n) is 4.45. The topological polar surface area (TPSA) is 51.2 Å². The fourth-order valence-electron chi connectivity index (χ4n) is 2.92. The number of amides is 1. The van der Waals surface area contributed by atoms with Crippen molar-refractivity contribution < 1.29 is 27.1 Å². The summed E-state index contributed by atoms with van der Waals surface area (Å²) in [4.78, 5) is 16.5. The van der Waals surface area contributed by atoms with E-state index in [0.717, 1.165) is 5.56 Å². The van der Waals surface area contributed by atoms with Gasteiger partial charge in [-0.1, -0.05) is 17.7 Å². The highest BCUT2D eigenvalue weighted by Crippen LogP contribution is 2.50. The summed E-state index contributed by atoms with van der Waals surface area (Å²) in [6.45, 7) is 0.327. The maximum absolute atomic E-state index is 13.1. The van der Waals surface area contributed by atoms with E-state index in [1.54, 1.807) is 13.0 Å². The summed E-state index contributed by atoms with van der Waals surface area (Å²) < 4.78 is 54.2. The molecule has 1 aliphatic rings. The lowest BCUT2D eigenvalue weighted by atomic mass is 10.1. The van der Waals surface area contributed by atoms with E-state index >= 15 is 0 Å². The summed E-state index contributed by atoms with van der Waals surface area (Å²) in [5, 5.41) is 3.12. The van der Waals surface area contributed by atoms with E-state index in [-0.39, 0.29) is 23.5 Å². The molecule has 1 amide bonds. The van der Waals surface area contributed by atoms with Crippen molar-refractivity contribution in [2.45, 2.75) is 31.5 Å². The zero-order chi connectivity index (χ0) is 20.5. The minimum atomic E-state index is -4.42. The van der Waals surface area contributed by atoms with Crippen molar-refractivity contribution in [3.05, 3.63) is 58.6 Å². The van der Waals surface area contributed by atoms with Crippen LogP contribution in [0.5, 0.6) is 5.75 Å².